The molecule has 0 aliphatic heterocycles. The lowest BCUT2D eigenvalue weighted by Gasteiger charge is -2.22. The second kappa shape index (κ2) is 8.97. The molecule has 1 unspecified atom stereocenters. The second-order valence-corrected chi connectivity index (χ2v) is 7.38. The molecule has 28 heavy (non-hydrogen) atoms. The highest BCUT2D eigenvalue weighted by Gasteiger charge is 2.29. The molecule has 6 nitrogen and oxygen atoms in total. The van der Waals surface area contributed by atoms with Crippen molar-refractivity contribution in [3.63, 3.8) is 0 Å². The van der Waals surface area contributed by atoms with Gasteiger partial charge in [-0.3, -0.25) is 4.79 Å². The molecule has 2 aromatic rings. The van der Waals surface area contributed by atoms with Crippen molar-refractivity contribution in [2.45, 2.75) is 32.3 Å². The van der Waals surface area contributed by atoms with Gasteiger partial charge in [0.15, 0.2) is 5.60 Å². The fourth-order valence-corrected chi connectivity index (χ4v) is 2.71. The number of rotatable bonds is 8. The van der Waals surface area contributed by atoms with E-state index in [0.717, 1.165) is 5.56 Å². The Kier molecular flexibility index (Phi) is 6.91. The lowest BCUT2D eigenvalue weighted by molar-refractivity contribution is -0.152. The first-order chi connectivity index (χ1) is 13.1. The molecule has 0 fully saturated rings. The van der Waals surface area contributed by atoms with E-state index in [4.69, 9.17) is 21.1 Å². The third-order valence-corrected chi connectivity index (χ3v) is 4.53. The van der Waals surface area contributed by atoms with Crippen molar-refractivity contribution >= 4 is 23.5 Å². The summed E-state index contributed by atoms with van der Waals surface area (Å²) < 4.78 is 10.8. The maximum absolute atomic E-state index is 12.5. The van der Waals surface area contributed by atoms with E-state index >= 15 is 0 Å². The third kappa shape index (κ3) is 5.39. The van der Waals surface area contributed by atoms with Gasteiger partial charge in [-0.2, -0.15) is 0 Å². The number of benzene rings is 2. The van der Waals surface area contributed by atoms with Gasteiger partial charge >= 0.3 is 5.97 Å². The average Bonchev–Trinajstić information content (AvgIpc) is 2.65. The van der Waals surface area contributed by atoms with Gasteiger partial charge in [0.05, 0.1) is 12.7 Å². The molecule has 2 aromatic carbocycles. The molecular formula is C21H24ClNO5. The van der Waals surface area contributed by atoms with Crippen LogP contribution in [0.5, 0.6) is 11.5 Å². The number of carbonyl (C=O) groups excluding carboxylic acids is 1. The monoisotopic (exact) mass is 405 g/mol. The van der Waals surface area contributed by atoms with Crippen molar-refractivity contribution in [3.05, 3.63) is 58.6 Å². The smallest absolute Gasteiger partial charge is 0.347 e. The average molecular weight is 406 g/mol. The van der Waals surface area contributed by atoms with Crippen LogP contribution in [0.2, 0.25) is 5.02 Å². The zero-order valence-electron chi connectivity index (χ0n) is 16.3. The molecule has 150 valence electrons. The highest BCUT2D eigenvalue weighted by molar-refractivity contribution is 6.31. The minimum absolute atomic E-state index is 0.0226. The number of hydrogen-bond acceptors (Lipinski definition) is 4. The van der Waals surface area contributed by atoms with Crippen LogP contribution in [0.3, 0.4) is 0 Å². The predicted octanol–water partition coefficient (Wildman–Crippen LogP) is 4.12. The van der Waals surface area contributed by atoms with Crippen LogP contribution >= 0.6 is 11.6 Å². The van der Waals surface area contributed by atoms with Crippen LogP contribution in [0.4, 0.5) is 0 Å². The first kappa shape index (κ1) is 21.6. The van der Waals surface area contributed by atoms with Gasteiger partial charge in [0.1, 0.15) is 11.5 Å². The second-order valence-electron chi connectivity index (χ2n) is 6.95. The van der Waals surface area contributed by atoms with Crippen molar-refractivity contribution in [2.24, 2.45) is 0 Å². The van der Waals surface area contributed by atoms with Gasteiger partial charge in [-0.25, -0.2) is 4.79 Å². The van der Waals surface area contributed by atoms with Crippen LogP contribution in [0.25, 0.3) is 0 Å². The Morgan fingerprint density at radius 1 is 1.21 bits per heavy atom. The van der Waals surface area contributed by atoms with Crippen molar-refractivity contribution < 1.29 is 24.2 Å². The Labute approximate surface area is 169 Å². The molecule has 0 heterocycles. The summed E-state index contributed by atoms with van der Waals surface area (Å²) in [5, 5.41) is 12.5. The van der Waals surface area contributed by atoms with Crippen LogP contribution < -0.4 is 14.8 Å². The number of carboxylic acids is 1. The molecule has 1 atom stereocenters. The summed E-state index contributed by atoms with van der Waals surface area (Å²) >= 11 is 5.98. The fourth-order valence-electron chi connectivity index (χ4n) is 2.54. The Bertz CT molecular complexity index is 866. The SMILES string of the molecule is COc1ccc(Cl)cc1C(=O)NCC(C)c1cccc(OC(C)(C)C(=O)O)c1. The molecular weight excluding hydrogens is 382 g/mol. The van der Waals surface area contributed by atoms with Crippen LogP contribution in [0.15, 0.2) is 42.5 Å². The van der Waals surface area contributed by atoms with E-state index in [-0.39, 0.29) is 11.8 Å². The molecule has 0 bridgehead atoms. The van der Waals surface area contributed by atoms with Crippen LogP contribution in [-0.2, 0) is 4.79 Å². The molecule has 0 saturated heterocycles. The van der Waals surface area contributed by atoms with Gasteiger partial charge in [-0.15, -0.1) is 0 Å². The number of halogens is 1. The third-order valence-electron chi connectivity index (χ3n) is 4.29. The number of carbonyl (C=O) groups is 2. The van der Waals surface area contributed by atoms with E-state index in [1.165, 1.54) is 21.0 Å². The Hall–Kier alpha value is -2.73. The lowest BCUT2D eigenvalue weighted by atomic mass is 10.0. The van der Waals surface area contributed by atoms with Crippen molar-refractivity contribution in [1.29, 1.82) is 0 Å². The molecule has 0 aliphatic carbocycles. The van der Waals surface area contributed by atoms with Crippen LogP contribution in [0, 0.1) is 0 Å². The first-order valence-corrected chi connectivity index (χ1v) is 9.16. The van der Waals surface area contributed by atoms with Crippen LogP contribution in [-0.4, -0.2) is 36.2 Å². The number of nitrogens with one attached hydrogen (secondary N) is 1. The molecule has 0 aliphatic rings. The fraction of sp³-hybridized carbons (Fsp3) is 0.333. The number of ether oxygens (including phenoxy) is 2. The zero-order chi connectivity index (χ0) is 20.9. The minimum atomic E-state index is -1.33. The van der Waals surface area contributed by atoms with Gasteiger partial charge in [0.25, 0.3) is 5.91 Å². The lowest BCUT2D eigenvalue weighted by Crippen LogP contribution is -2.37. The van der Waals surface area contributed by atoms with Gasteiger partial charge in [-0.1, -0.05) is 30.7 Å². The largest absolute Gasteiger partial charge is 0.496 e. The summed E-state index contributed by atoms with van der Waals surface area (Å²) in [7, 11) is 1.49. The highest BCUT2D eigenvalue weighted by Crippen LogP contribution is 2.25. The van der Waals surface area contributed by atoms with Crippen molar-refractivity contribution in [1.82, 2.24) is 5.32 Å². The molecule has 7 heteroatoms. The normalized spacial score (nSPS) is 12.2. The summed E-state index contributed by atoms with van der Waals surface area (Å²) in [6, 6.07) is 12.0. The summed E-state index contributed by atoms with van der Waals surface area (Å²) in [6.07, 6.45) is 0. The molecule has 0 aromatic heterocycles. The topological polar surface area (TPSA) is 84.9 Å². The minimum Gasteiger partial charge on any atom is -0.496 e. The number of carboxylic acid groups (broad SMARTS) is 1. The van der Waals surface area contributed by atoms with Gasteiger partial charge in [-0.05, 0) is 55.7 Å². The summed E-state index contributed by atoms with van der Waals surface area (Å²) in [5.41, 5.74) is -0.0568. The Morgan fingerprint density at radius 2 is 1.93 bits per heavy atom. The highest BCUT2D eigenvalue weighted by atomic mass is 35.5. The first-order valence-electron chi connectivity index (χ1n) is 8.78. The zero-order valence-corrected chi connectivity index (χ0v) is 17.0. The van der Waals surface area contributed by atoms with Gasteiger partial charge in [0, 0.05) is 11.6 Å². The number of amides is 1. The van der Waals surface area contributed by atoms with Crippen LogP contribution in [0.1, 0.15) is 42.6 Å². The van der Waals surface area contributed by atoms with Gasteiger partial charge < -0.3 is 19.9 Å². The van der Waals surface area contributed by atoms with E-state index in [0.29, 0.717) is 28.6 Å². The van der Waals surface area contributed by atoms with E-state index in [1.807, 2.05) is 13.0 Å². The summed E-state index contributed by atoms with van der Waals surface area (Å²) in [5.74, 6) is -0.453. The van der Waals surface area contributed by atoms with Gasteiger partial charge in [0.2, 0.25) is 0 Å². The Morgan fingerprint density at radius 3 is 2.57 bits per heavy atom. The van der Waals surface area contributed by atoms with E-state index in [1.54, 1.807) is 36.4 Å². The summed E-state index contributed by atoms with van der Waals surface area (Å²) in [6.45, 7) is 5.31. The van der Waals surface area contributed by atoms with Crippen molar-refractivity contribution in [2.75, 3.05) is 13.7 Å². The molecule has 1 amide bonds. The molecule has 0 spiro atoms. The molecule has 0 radical (unpaired) electrons. The van der Waals surface area contributed by atoms with E-state index in [9.17, 15) is 14.7 Å². The molecule has 2 N–H and O–H groups in total. The predicted molar refractivity (Wildman–Crippen MR) is 108 cm³/mol. The molecule has 2 rings (SSSR count). The number of hydrogen-bond donors (Lipinski definition) is 2. The maximum atomic E-state index is 12.5. The summed E-state index contributed by atoms with van der Waals surface area (Å²) in [4.78, 5) is 23.7. The maximum Gasteiger partial charge on any atom is 0.347 e. The number of methoxy groups -OCH3 is 1. The van der Waals surface area contributed by atoms with E-state index < -0.39 is 11.6 Å². The number of aliphatic carboxylic acids is 1. The van der Waals surface area contributed by atoms with E-state index in [2.05, 4.69) is 5.32 Å². The molecule has 0 saturated carbocycles. The Balaban J connectivity index is 2.06. The van der Waals surface area contributed by atoms with Crippen molar-refractivity contribution in [3.8, 4) is 11.5 Å². The quantitative estimate of drug-likeness (QED) is 0.689. The standard InChI is InChI=1S/C21H24ClNO5/c1-13(12-23-19(24)17-11-15(22)8-9-18(17)27-4)14-6-5-7-16(10-14)28-21(2,3)20(25)26/h5-11,13H,12H2,1-4H3,(H,23,24)(H,25,26).